The van der Waals surface area contributed by atoms with E-state index in [1.54, 1.807) is 0 Å². The van der Waals surface area contributed by atoms with Gasteiger partial charge in [-0.2, -0.15) is 0 Å². The molecule has 10 rings (SSSR count). The van der Waals surface area contributed by atoms with Crippen molar-refractivity contribution in [3.63, 3.8) is 0 Å². The van der Waals surface area contributed by atoms with Crippen molar-refractivity contribution in [3.05, 3.63) is 170 Å². The third-order valence-electron chi connectivity index (χ3n) is 9.84. The molecule has 47 heavy (non-hydrogen) atoms. The summed E-state index contributed by atoms with van der Waals surface area (Å²) in [6.07, 6.45) is 0. The molecule has 0 radical (unpaired) electrons. The van der Waals surface area contributed by atoms with E-state index in [1.807, 2.05) is 0 Å². The summed E-state index contributed by atoms with van der Waals surface area (Å²) in [5.41, 5.74) is 9.24. The van der Waals surface area contributed by atoms with Crippen LogP contribution in [-0.2, 0) is 0 Å². The van der Waals surface area contributed by atoms with Crippen LogP contribution in [0.1, 0.15) is 0 Å². The van der Waals surface area contributed by atoms with Gasteiger partial charge in [0, 0.05) is 16.2 Å². The maximum atomic E-state index is 6.63. The van der Waals surface area contributed by atoms with Crippen LogP contribution in [0.3, 0.4) is 0 Å². The van der Waals surface area contributed by atoms with E-state index in [0.717, 1.165) is 27.3 Å². The summed E-state index contributed by atoms with van der Waals surface area (Å²) in [6.45, 7) is 0. The number of hydrogen-bond donors (Lipinski definition) is 0. The Balaban J connectivity index is 1.28. The predicted molar refractivity (Wildman–Crippen MR) is 200 cm³/mol. The van der Waals surface area contributed by atoms with Gasteiger partial charge in [-0.3, -0.25) is 0 Å². The second kappa shape index (κ2) is 10.2. The first kappa shape index (κ1) is 26.1. The van der Waals surface area contributed by atoms with E-state index in [2.05, 4.69) is 170 Å². The molecule has 0 aliphatic rings. The zero-order valence-electron chi connectivity index (χ0n) is 25.6. The van der Waals surface area contributed by atoms with Crippen molar-refractivity contribution in [2.75, 3.05) is 0 Å². The van der Waals surface area contributed by atoms with Crippen LogP contribution in [0, 0.1) is 0 Å². The fourth-order valence-corrected chi connectivity index (χ4v) is 7.81. The number of fused-ring (bicyclic) bond motifs is 8. The Bertz CT molecular complexity index is 2790. The Labute approximate surface area is 271 Å². The Morgan fingerprint density at radius 1 is 0.319 bits per heavy atom. The predicted octanol–water partition coefficient (Wildman–Crippen LogP) is 13.2. The molecule has 0 fully saturated rings. The summed E-state index contributed by atoms with van der Waals surface area (Å²) in [4.78, 5) is 0. The van der Waals surface area contributed by atoms with Crippen LogP contribution in [0.15, 0.2) is 174 Å². The molecule has 9 aromatic carbocycles. The molecule has 0 aliphatic carbocycles. The largest absolute Gasteiger partial charge is 0.455 e. The molecule has 0 unspecified atom stereocenters. The highest BCUT2D eigenvalue weighted by atomic mass is 16.3. The molecule has 0 bridgehead atoms. The van der Waals surface area contributed by atoms with Crippen molar-refractivity contribution in [2.24, 2.45) is 0 Å². The van der Waals surface area contributed by atoms with Gasteiger partial charge in [-0.05, 0) is 89.3 Å². The minimum absolute atomic E-state index is 0.911. The molecule has 0 aliphatic heterocycles. The van der Waals surface area contributed by atoms with Gasteiger partial charge in [-0.1, -0.05) is 152 Å². The molecule has 1 nitrogen and oxygen atoms in total. The molecular weight excluding hydrogens is 569 g/mol. The van der Waals surface area contributed by atoms with Crippen LogP contribution in [0.25, 0.3) is 98.4 Å². The maximum absolute atomic E-state index is 6.63. The summed E-state index contributed by atoms with van der Waals surface area (Å²) < 4.78 is 6.63. The van der Waals surface area contributed by atoms with Gasteiger partial charge in [0.15, 0.2) is 0 Å². The Kier molecular flexibility index (Phi) is 5.64. The molecule has 0 saturated heterocycles. The quantitative estimate of drug-likeness (QED) is 0.185. The Morgan fingerprint density at radius 2 is 0.851 bits per heavy atom. The van der Waals surface area contributed by atoms with Crippen molar-refractivity contribution >= 4 is 65.0 Å². The topological polar surface area (TPSA) is 13.1 Å². The van der Waals surface area contributed by atoms with Crippen LogP contribution >= 0.6 is 0 Å². The Hall–Kier alpha value is -6.18. The first-order valence-corrected chi connectivity index (χ1v) is 16.2. The van der Waals surface area contributed by atoms with Gasteiger partial charge in [0.1, 0.15) is 11.2 Å². The van der Waals surface area contributed by atoms with Crippen LogP contribution < -0.4 is 0 Å². The number of furan rings is 1. The van der Waals surface area contributed by atoms with Crippen molar-refractivity contribution < 1.29 is 4.42 Å². The first-order valence-electron chi connectivity index (χ1n) is 16.2. The fourth-order valence-electron chi connectivity index (χ4n) is 7.81. The fraction of sp³-hybridized carbons (Fsp3) is 0. The lowest BCUT2D eigenvalue weighted by Gasteiger charge is -2.19. The van der Waals surface area contributed by atoms with Gasteiger partial charge in [-0.15, -0.1) is 0 Å². The Morgan fingerprint density at radius 3 is 1.60 bits per heavy atom. The smallest absolute Gasteiger partial charge is 0.143 e. The molecule has 0 atom stereocenters. The highest BCUT2D eigenvalue weighted by Crippen LogP contribution is 2.48. The van der Waals surface area contributed by atoms with E-state index in [-0.39, 0.29) is 0 Å². The van der Waals surface area contributed by atoms with E-state index in [9.17, 15) is 0 Å². The third-order valence-corrected chi connectivity index (χ3v) is 9.84. The van der Waals surface area contributed by atoms with Crippen molar-refractivity contribution in [2.45, 2.75) is 0 Å². The molecule has 1 aromatic heterocycles. The zero-order chi connectivity index (χ0) is 30.9. The van der Waals surface area contributed by atoms with E-state index >= 15 is 0 Å². The first-order chi connectivity index (χ1) is 23.3. The standard InChI is InChI=1S/C46H28O/c1-3-17-33-29(12-1)14-10-23-34(33)31-15-9-16-32(28-31)43-36-19-5-7-21-38(36)44(39-22-8-6-20-37(39)43)40-24-11-25-42-45(40)41-27-26-30-13-2-4-18-35(30)46(41)47-42/h1-28H. The minimum Gasteiger partial charge on any atom is -0.455 e. The van der Waals surface area contributed by atoms with Gasteiger partial charge in [-0.25, -0.2) is 0 Å². The summed E-state index contributed by atoms with van der Waals surface area (Å²) >= 11 is 0. The molecule has 0 amide bonds. The summed E-state index contributed by atoms with van der Waals surface area (Å²) in [7, 11) is 0. The second-order valence-corrected chi connectivity index (χ2v) is 12.4. The summed E-state index contributed by atoms with van der Waals surface area (Å²) in [5.74, 6) is 0. The van der Waals surface area contributed by atoms with Crippen LogP contribution in [0.5, 0.6) is 0 Å². The monoisotopic (exact) mass is 596 g/mol. The number of rotatable bonds is 3. The van der Waals surface area contributed by atoms with Gasteiger partial charge < -0.3 is 4.42 Å². The molecule has 218 valence electrons. The number of benzene rings is 9. The van der Waals surface area contributed by atoms with E-state index in [1.165, 1.54) is 71.1 Å². The summed E-state index contributed by atoms with van der Waals surface area (Å²) in [5, 5.41) is 12.1. The molecule has 0 spiro atoms. The lowest BCUT2D eigenvalue weighted by Crippen LogP contribution is -1.91. The van der Waals surface area contributed by atoms with Crippen molar-refractivity contribution in [1.82, 2.24) is 0 Å². The lowest BCUT2D eigenvalue weighted by molar-refractivity contribution is 0.673. The summed E-state index contributed by atoms with van der Waals surface area (Å²) in [6, 6.07) is 61.5. The lowest BCUT2D eigenvalue weighted by atomic mass is 9.84. The SMILES string of the molecule is c1cc(-c2cccc3ccccc23)cc(-c2c3ccccc3c(-c3cccc4oc5c6ccccc6ccc5c34)c3ccccc23)c1. The molecule has 0 saturated carbocycles. The zero-order valence-corrected chi connectivity index (χ0v) is 25.6. The van der Waals surface area contributed by atoms with Gasteiger partial charge in [0.2, 0.25) is 0 Å². The van der Waals surface area contributed by atoms with Crippen molar-refractivity contribution in [3.8, 4) is 33.4 Å². The molecule has 1 heteroatoms. The van der Waals surface area contributed by atoms with Crippen LogP contribution in [0.2, 0.25) is 0 Å². The molecule has 0 N–H and O–H groups in total. The molecule has 10 aromatic rings. The van der Waals surface area contributed by atoms with Gasteiger partial charge in [0.05, 0.1) is 0 Å². The maximum Gasteiger partial charge on any atom is 0.143 e. The highest BCUT2D eigenvalue weighted by Gasteiger charge is 2.21. The van der Waals surface area contributed by atoms with Crippen LogP contribution in [-0.4, -0.2) is 0 Å². The molecule has 1 heterocycles. The number of hydrogen-bond acceptors (Lipinski definition) is 1. The van der Waals surface area contributed by atoms with Crippen molar-refractivity contribution in [1.29, 1.82) is 0 Å². The van der Waals surface area contributed by atoms with E-state index in [0.29, 0.717) is 0 Å². The van der Waals surface area contributed by atoms with Gasteiger partial charge >= 0.3 is 0 Å². The average molecular weight is 597 g/mol. The van der Waals surface area contributed by atoms with Gasteiger partial charge in [0.25, 0.3) is 0 Å². The minimum atomic E-state index is 0.911. The average Bonchev–Trinajstić information content (AvgIpc) is 3.53. The highest BCUT2D eigenvalue weighted by molar-refractivity contribution is 6.27. The normalized spacial score (nSPS) is 11.8. The molecular formula is C46H28O. The van der Waals surface area contributed by atoms with E-state index in [4.69, 9.17) is 4.42 Å². The van der Waals surface area contributed by atoms with E-state index < -0.39 is 0 Å². The van der Waals surface area contributed by atoms with Crippen LogP contribution in [0.4, 0.5) is 0 Å². The second-order valence-electron chi connectivity index (χ2n) is 12.4. The third kappa shape index (κ3) is 3.90.